The highest BCUT2D eigenvalue weighted by molar-refractivity contribution is 6.12. The molecule has 0 aliphatic carbocycles. The topological polar surface area (TPSA) is 60.4 Å². The maximum atomic E-state index is 12.5. The highest BCUT2D eigenvalue weighted by Crippen LogP contribution is 2.26. The number of allylic oxidation sites excluding steroid dienone is 1. The number of ether oxygens (including phenoxy) is 1. The third-order valence-corrected chi connectivity index (χ3v) is 4.41. The van der Waals surface area contributed by atoms with E-state index in [1.807, 2.05) is 0 Å². The maximum Gasteiger partial charge on any atom is 0.454 e. The van der Waals surface area contributed by atoms with Crippen LogP contribution in [0.4, 0.5) is 13.2 Å². The summed E-state index contributed by atoms with van der Waals surface area (Å²) in [6.45, 7) is 2.17. The van der Waals surface area contributed by atoms with Gasteiger partial charge in [-0.15, -0.1) is 0 Å². The summed E-state index contributed by atoms with van der Waals surface area (Å²) in [4.78, 5) is 34.0. The molecule has 1 heterocycles. The average molecular weight is 388 g/mol. The van der Waals surface area contributed by atoms with Crippen LogP contribution < -0.4 is 0 Å². The fourth-order valence-corrected chi connectivity index (χ4v) is 2.90. The zero-order valence-corrected chi connectivity index (χ0v) is 15.7. The Bertz CT molecular complexity index is 589. The number of alkyl halides is 3. The fourth-order valence-electron chi connectivity index (χ4n) is 2.90. The highest BCUT2D eigenvalue weighted by Gasteiger charge is 2.37. The van der Waals surface area contributed by atoms with E-state index in [0.29, 0.717) is 12.5 Å². The largest absolute Gasteiger partial charge is 0.454 e. The van der Waals surface area contributed by atoms with Crippen LogP contribution in [-0.2, 0) is 19.1 Å². The lowest BCUT2D eigenvalue weighted by Gasteiger charge is -2.08. The van der Waals surface area contributed by atoms with E-state index in [1.54, 1.807) is 0 Å². The second kappa shape index (κ2) is 11.7. The molecule has 0 aromatic carbocycles. The lowest BCUT2D eigenvalue weighted by Crippen LogP contribution is -2.21. The molecule has 0 amide bonds. The molecule has 7 heteroatoms. The minimum Gasteiger partial charge on any atom is -0.386 e. The lowest BCUT2D eigenvalue weighted by molar-refractivity contribution is -0.165. The Kier molecular flexibility index (Phi) is 10.0. The number of cyclic esters (lactones) is 2. The minimum atomic E-state index is -5.02. The van der Waals surface area contributed by atoms with Gasteiger partial charge in [-0.05, 0) is 24.5 Å². The van der Waals surface area contributed by atoms with Gasteiger partial charge in [0.05, 0.1) is 5.57 Å². The Hall–Kier alpha value is -1.92. The number of esters is 2. The first-order chi connectivity index (χ1) is 12.8. The zero-order valence-electron chi connectivity index (χ0n) is 15.7. The second-order valence-corrected chi connectivity index (χ2v) is 6.73. The predicted octanol–water partition coefficient (Wildman–Crippen LogP) is 5.37. The number of halogens is 3. The summed E-state index contributed by atoms with van der Waals surface area (Å²) in [6, 6.07) is 0. The molecule has 1 aliphatic rings. The van der Waals surface area contributed by atoms with E-state index in [0.717, 1.165) is 31.8 Å². The molecule has 0 fully saturated rings. The van der Waals surface area contributed by atoms with Crippen molar-refractivity contribution in [1.29, 1.82) is 0 Å². The predicted molar refractivity (Wildman–Crippen MR) is 94.8 cm³/mol. The quantitative estimate of drug-likeness (QED) is 0.184. The summed E-state index contributed by atoms with van der Waals surface area (Å²) >= 11 is 0. The van der Waals surface area contributed by atoms with E-state index in [1.165, 1.54) is 32.1 Å². The number of rotatable bonds is 13. The van der Waals surface area contributed by atoms with Gasteiger partial charge in [0.2, 0.25) is 0 Å². The van der Waals surface area contributed by atoms with Crippen LogP contribution in [0.2, 0.25) is 0 Å². The molecule has 0 saturated carbocycles. The molecule has 0 aromatic heterocycles. The van der Waals surface area contributed by atoms with Gasteiger partial charge in [-0.2, -0.15) is 13.2 Å². The molecular weight excluding hydrogens is 361 g/mol. The Balaban J connectivity index is 2.46. The standard InChI is InChI=1S/C20H27F3O4/c1-2-3-4-5-6-7-8-9-10-11-12-15(13-17(24)20(21,22)23)16-14-18(25)27-19(16)26/h13-14H,2-12H2,1H3. The third-order valence-electron chi connectivity index (χ3n) is 4.41. The minimum absolute atomic E-state index is 0.0901. The van der Waals surface area contributed by atoms with E-state index < -0.39 is 23.9 Å². The van der Waals surface area contributed by atoms with E-state index >= 15 is 0 Å². The summed E-state index contributed by atoms with van der Waals surface area (Å²) in [5.41, 5.74) is -0.346. The number of carbonyl (C=O) groups excluding carboxylic acids is 3. The first kappa shape index (κ1) is 23.1. The van der Waals surface area contributed by atoms with Crippen molar-refractivity contribution in [3.05, 3.63) is 23.3 Å². The van der Waals surface area contributed by atoms with Crippen LogP contribution in [0.15, 0.2) is 23.3 Å². The van der Waals surface area contributed by atoms with Crippen molar-refractivity contribution in [3.8, 4) is 0 Å². The van der Waals surface area contributed by atoms with Crippen molar-refractivity contribution in [3.63, 3.8) is 0 Å². The molecule has 0 spiro atoms. The lowest BCUT2D eigenvalue weighted by atomic mass is 9.97. The maximum absolute atomic E-state index is 12.5. The van der Waals surface area contributed by atoms with Crippen molar-refractivity contribution < 1.29 is 32.3 Å². The number of unbranched alkanes of at least 4 members (excludes halogenated alkanes) is 9. The summed E-state index contributed by atoms with van der Waals surface area (Å²) in [7, 11) is 0. The van der Waals surface area contributed by atoms with Crippen molar-refractivity contribution in [2.24, 2.45) is 0 Å². The Morgan fingerprint density at radius 3 is 1.93 bits per heavy atom. The van der Waals surface area contributed by atoms with Gasteiger partial charge in [0, 0.05) is 6.08 Å². The first-order valence-electron chi connectivity index (χ1n) is 9.55. The molecule has 4 nitrogen and oxygen atoms in total. The number of hydrogen-bond donors (Lipinski definition) is 0. The van der Waals surface area contributed by atoms with Gasteiger partial charge in [0.1, 0.15) is 0 Å². The number of carbonyl (C=O) groups is 3. The Labute approximate surface area is 157 Å². The van der Waals surface area contributed by atoms with Crippen LogP contribution >= 0.6 is 0 Å². The van der Waals surface area contributed by atoms with Gasteiger partial charge < -0.3 is 4.74 Å². The van der Waals surface area contributed by atoms with Crippen LogP contribution in [0.5, 0.6) is 0 Å². The molecule has 27 heavy (non-hydrogen) atoms. The van der Waals surface area contributed by atoms with Crippen molar-refractivity contribution in [2.45, 2.75) is 83.7 Å². The second-order valence-electron chi connectivity index (χ2n) is 6.73. The van der Waals surface area contributed by atoms with Crippen LogP contribution in [-0.4, -0.2) is 23.9 Å². The SMILES string of the molecule is CCCCCCCCCCCCC(=CC(=O)C(F)(F)F)C1=CC(=O)OC1=O. The molecule has 0 radical (unpaired) electrons. The van der Waals surface area contributed by atoms with Gasteiger partial charge >= 0.3 is 18.1 Å². The molecule has 0 unspecified atom stereocenters. The van der Waals surface area contributed by atoms with Crippen LogP contribution in [0.3, 0.4) is 0 Å². The van der Waals surface area contributed by atoms with Crippen LogP contribution in [0, 0.1) is 0 Å². The molecule has 0 atom stereocenters. The number of hydrogen-bond acceptors (Lipinski definition) is 4. The van der Waals surface area contributed by atoms with Crippen molar-refractivity contribution >= 4 is 17.7 Å². The summed E-state index contributed by atoms with van der Waals surface area (Å²) in [6.07, 6.45) is 6.91. The highest BCUT2D eigenvalue weighted by atomic mass is 19.4. The summed E-state index contributed by atoms with van der Waals surface area (Å²) in [5, 5.41) is 0. The molecular formula is C20H27F3O4. The molecule has 0 N–H and O–H groups in total. The molecule has 0 bridgehead atoms. The number of ketones is 1. The van der Waals surface area contributed by atoms with Crippen molar-refractivity contribution in [1.82, 2.24) is 0 Å². The summed E-state index contributed by atoms with van der Waals surface area (Å²) in [5.74, 6) is -3.98. The van der Waals surface area contributed by atoms with Crippen LogP contribution in [0.1, 0.15) is 77.6 Å². The van der Waals surface area contributed by atoms with E-state index in [2.05, 4.69) is 11.7 Å². The normalized spacial score (nSPS) is 15.1. The van der Waals surface area contributed by atoms with E-state index in [9.17, 15) is 27.6 Å². The van der Waals surface area contributed by atoms with Gasteiger partial charge in [-0.3, -0.25) is 4.79 Å². The monoisotopic (exact) mass is 388 g/mol. The van der Waals surface area contributed by atoms with Gasteiger partial charge in [-0.25, -0.2) is 9.59 Å². The molecule has 152 valence electrons. The smallest absolute Gasteiger partial charge is 0.386 e. The summed E-state index contributed by atoms with van der Waals surface area (Å²) < 4.78 is 41.9. The Morgan fingerprint density at radius 1 is 0.963 bits per heavy atom. The first-order valence-corrected chi connectivity index (χ1v) is 9.55. The van der Waals surface area contributed by atoms with Gasteiger partial charge in [-0.1, -0.05) is 64.7 Å². The molecule has 1 aliphatic heterocycles. The Morgan fingerprint density at radius 2 is 1.48 bits per heavy atom. The van der Waals surface area contributed by atoms with E-state index in [-0.39, 0.29) is 17.6 Å². The zero-order chi connectivity index (χ0) is 20.3. The third kappa shape index (κ3) is 9.02. The van der Waals surface area contributed by atoms with Gasteiger partial charge in [0.15, 0.2) is 0 Å². The van der Waals surface area contributed by atoms with E-state index in [4.69, 9.17) is 0 Å². The van der Waals surface area contributed by atoms with Crippen LogP contribution in [0.25, 0.3) is 0 Å². The van der Waals surface area contributed by atoms with Crippen molar-refractivity contribution in [2.75, 3.05) is 0 Å². The fraction of sp³-hybridized carbons (Fsp3) is 0.650. The average Bonchev–Trinajstić information content (AvgIpc) is 2.92. The van der Waals surface area contributed by atoms with Gasteiger partial charge in [0.25, 0.3) is 5.78 Å². The molecule has 0 saturated heterocycles. The molecule has 1 rings (SSSR count). The molecule has 0 aromatic rings.